The van der Waals surface area contributed by atoms with Crippen molar-refractivity contribution < 1.29 is 18.9 Å². The number of anilines is 1. The highest BCUT2D eigenvalue weighted by molar-refractivity contribution is 7.99. The lowest BCUT2D eigenvalue weighted by Gasteiger charge is -2.36. The van der Waals surface area contributed by atoms with Crippen molar-refractivity contribution in [1.29, 1.82) is 0 Å². The Labute approximate surface area is 203 Å². The predicted octanol–water partition coefficient (Wildman–Crippen LogP) is 3.95. The van der Waals surface area contributed by atoms with Crippen LogP contribution >= 0.6 is 11.8 Å². The summed E-state index contributed by atoms with van der Waals surface area (Å²) in [7, 11) is 0. The Morgan fingerprint density at radius 1 is 1.20 bits per heavy atom. The minimum absolute atomic E-state index is 0.0907. The highest BCUT2D eigenvalue weighted by Crippen LogP contribution is 2.61. The molecule has 0 bridgehead atoms. The van der Waals surface area contributed by atoms with Crippen LogP contribution < -0.4 is 5.32 Å². The van der Waals surface area contributed by atoms with Crippen LogP contribution in [0.2, 0.25) is 0 Å². The van der Waals surface area contributed by atoms with E-state index in [1.807, 2.05) is 4.90 Å². The third-order valence-electron chi connectivity index (χ3n) is 7.25. The number of halogens is 1. The fraction of sp³-hybridized carbons (Fsp3) is 0.240. The number of rotatable bonds is 4. The van der Waals surface area contributed by atoms with Crippen molar-refractivity contribution in [3.8, 4) is 0 Å². The number of thioether (sulfide) groups is 1. The Kier molecular flexibility index (Phi) is 4.97. The summed E-state index contributed by atoms with van der Waals surface area (Å²) in [6.07, 6.45) is 1.51. The molecule has 0 radical (unpaired) electrons. The Balaban J connectivity index is 1.63. The highest BCUT2D eigenvalue weighted by atomic mass is 32.2. The lowest BCUT2D eigenvalue weighted by Crippen LogP contribution is -2.52. The first-order valence-corrected chi connectivity index (χ1v) is 12.2. The summed E-state index contributed by atoms with van der Waals surface area (Å²) in [6.45, 7) is 0. The van der Waals surface area contributed by atoms with E-state index in [2.05, 4.69) is 10.3 Å². The monoisotopic (exact) mass is 490 g/mol. The molecule has 3 aliphatic heterocycles. The first-order chi connectivity index (χ1) is 16.9. The molecule has 1 spiro atoms. The molecule has 1 amide bonds. The van der Waals surface area contributed by atoms with Crippen molar-refractivity contribution in [2.24, 2.45) is 5.92 Å². The number of hydrogen-bond donors (Lipinski definition) is 1. The molecule has 0 saturated carbocycles. The van der Waals surface area contributed by atoms with Crippen LogP contribution in [0.1, 0.15) is 27.5 Å². The lowest BCUT2D eigenvalue weighted by molar-refractivity contribution is -0.384. The molecule has 2 aromatic carbocycles. The van der Waals surface area contributed by atoms with Crippen LogP contribution in [0, 0.1) is 21.8 Å². The molecule has 3 aliphatic rings. The number of carbonyl (C=O) groups is 2. The maximum absolute atomic E-state index is 14.5. The van der Waals surface area contributed by atoms with Gasteiger partial charge < -0.3 is 5.32 Å². The van der Waals surface area contributed by atoms with E-state index in [1.54, 1.807) is 42.1 Å². The molecule has 10 heteroatoms. The number of ketones is 1. The molecule has 8 nitrogen and oxygen atoms in total. The van der Waals surface area contributed by atoms with E-state index in [0.29, 0.717) is 28.4 Å². The minimum Gasteiger partial charge on any atom is -0.324 e. The number of fused-ring (bicyclic) bond motifs is 4. The summed E-state index contributed by atoms with van der Waals surface area (Å²) >= 11 is 1.62. The van der Waals surface area contributed by atoms with Crippen LogP contribution in [0.4, 0.5) is 15.8 Å². The summed E-state index contributed by atoms with van der Waals surface area (Å²) in [5, 5.41) is 14.4. The number of nitro benzene ring substituents is 1. The van der Waals surface area contributed by atoms with Crippen molar-refractivity contribution in [3.05, 3.63) is 99.6 Å². The van der Waals surface area contributed by atoms with Crippen LogP contribution in [-0.2, 0) is 10.3 Å². The molecule has 35 heavy (non-hydrogen) atoms. The van der Waals surface area contributed by atoms with Gasteiger partial charge in [0.05, 0.1) is 10.8 Å². The standard InChI is InChI=1S/C25H19FN4O4S/c26-15-7-8-18-17(11-15)25(24(32)28-18)22(23(31)19-6-1-2-9-27-19)21(20-12-35-13-29(20)25)14-4-3-5-16(10-14)30(33)34/h1-11,20-22H,12-13H2,(H,28,32)/t20-,21-,22+,25-/m1/s1. The van der Waals surface area contributed by atoms with Crippen LogP contribution in [0.15, 0.2) is 66.9 Å². The van der Waals surface area contributed by atoms with Crippen LogP contribution in [0.25, 0.3) is 0 Å². The van der Waals surface area contributed by atoms with E-state index in [-0.39, 0.29) is 23.2 Å². The van der Waals surface area contributed by atoms with Gasteiger partial charge in [-0.1, -0.05) is 18.2 Å². The maximum atomic E-state index is 14.5. The predicted molar refractivity (Wildman–Crippen MR) is 128 cm³/mol. The van der Waals surface area contributed by atoms with Crippen molar-refractivity contribution in [1.82, 2.24) is 9.88 Å². The van der Waals surface area contributed by atoms with Gasteiger partial charge in [0.2, 0.25) is 5.91 Å². The van der Waals surface area contributed by atoms with E-state index in [9.17, 15) is 24.1 Å². The molecule has 1 N–H and O–H groups in total. The minimum atomic E-state index is -1.46. The number of nitrogens with zero attached hydrogens (tertiary/aromatic N) is 3. The fourth-order valence-corrected chi connectivity index (χ4v) is 7.26. The Hall–Kier alpha value is -3.63. The number of benzene rings is 2. The number of aromatic nitrogens is 1. The van der Waals surface area contributed by atoms with Crippen molar-refractivity contribution in [2.45, 2.75) is 17.5 Å². The topological polar surface area (TPSA) is 105 Å². The zero-order valence-corrected chi connectivity index (χ0v) is 19.1. The van der Waals surface area contributed by atoms with Crippen molar-refractivity contribution in [3.63, 3.8) is 0 Å². The van der Waals surface area contributed by atoms with Gasteiger partial charge in [0, 0.05) is 53.2 Å². The number of amides is 1. The third-order valence-corrected chi connectivity index (χ3v) is 8.29. The second-order valence-corrected chi connectivity index (χ2v) is 9.88. The Morgan fingerprint density at radius 2 is 2.06 bits per heavy atom. The van der Waals surface area contributed by atoms with Crippen LogP contribution in [0.3, 0.4) is 0 Å². The van der Waals surface area contributed by atoms with Gasteiger partial charge in [-0.3, -0.25) is 29.6 Å². The second kappa shape index (κ2) is 7.96. The summed E-state index contributed by atoms with van der Waals surface area (Å²) in [5.41, 5.74) is 0.115. The maximum Gasteiger partial charge on any atom is 0.269 e. The Morgan fingerprint density at radius 3 is 2.83 bits per heavy atom. The molecular formula is C25H19FN4O4S. The number of Topliss-reactive ketones (excluding diaryl/α,β-unsaturated/α-hetero) is 1. The average Bonchev–Trinajstić information content (AvgIpc) is 3.52. The van der Waals surface area contributed by atoms with Gasteiger partial charge in [0.15, 0.2) is 5.78 Å². The molecule has 0 aliphatic carbocycles. The molecule has 6 rings (SSSR count). The quantitative estimate of drug-likeness (QED) is 0.335. The number of pyridine rings is 1. The first kappa shape index (κ1) is 21.9. The number of carbonyl (C=O) groups excluding carboxylic acids is 2. The summed E-state index contributed by atoms with van der Waals surface area (Å²) in [4.78, 5) is 45.3. The van der Waals surface area contributed by atoms with Gasteiger partial charge in [-0.25, -0.2) is 4.39 Å². The van der Waals surface area contributed by atoms with Crippen LogP contribution in [0.5, 0.6) is 0 Å². The molecule has 4 atom stereocenters. The largest absolute Gasteiger partial charge is 0.324 e. The molecule has 3 aromatic rings. The third kappa shape index (κ3) is 3.06. The van der Waals surface area contributed by atoms with E-state index >= 15 is 0 Å². The summed E-state index contributed by atoms with van der Waals surface area (Å²) in [5.74, 6) is -1.68. The van der Waals surface area contributed by atoms with E-state index < -0.39 is 34.0 Å². The zero-order chi connectivity index (χ0) is 24.3. The SMILES string of the molecule is O=C(c1ccccn1)[C@@H]1[C@H](c2cccc([N+](=O)[O-])c2)[C@H]2CSCN2[C@@]12C(=O)Nc1ccc(F)cc12. The van der Waals surface area contributed by atoms with Crippen LogP contribution in [-0.4, -0.2) is 44.2 Å². The van der Waals surface area contributed by atoms with Gasteiger partial charge in [0.1, 0.15) is 17.1 Å². The fourth-order valence-electron chi connectivity index (χ4n) is 5.93. The molecule has 176 valence electrons. The molecule has 0 unspecified atom stereocenters. The summed E-state index contributed by atoms with van der Waals surface area (Å²) < 4.78 is 14.5. The average molecular weight is 491 g/mol. The second-order valence-electron chi connectivity index (χ2n) is 8.88. The van der Waals surface area contributed by atoms with E-state index in [4.69, 9.17) is 0 Å². The van der Waals surface area contributed by atoms with E-state index in [1.165, 1.54) is 36.5 Å². The number of hydrogen-bond acceptors (Lipinski definition) is 7. The van der Waals surface area contributed by atoms with Crippen molar-refractivity contribution in [2.75, 3.05) is 16.9 Å². The molecule has 1 aromatic heterocycles. The highest BCUT2D eigenvalue weighted by Gasteiger charge is 2.69. The summed E-state index contributed by atoms with van der Waals surface area (Å²) in [6, 6.07) is 15.1. The molecule has 2 fully saturated rings. The molecule has 2 saturated heterocycles. The first-order valence-electron chi connectivity index (χ1n) is 11.1. The molecular weight excluding hydrogens is 471 g/mol. The Bertz CT molecular complexity index is 1390. The van der Waals surface area contributed by atoms with Gasteiger partial charge in [-0.05, 0) is 35.9 Å². The van der Waals surface area contributed by atoms with Crippen molar-refractivity contribution >= 4 is 34.8 Å². The van der Waals surface area contributed by atoms with Gasteiger partial charge in [-0.15, -0.1) is 11.8 Å². The van der Waals surface area contributed by atoms with Gasteiger partial charge >= 0.3 is 0 Å². The van der Waals surface area contributed by atoms with Gasteiger partial charge in [-0.2, -0.15) is 0 Å². The smallest absolute Gasteiger partial charge is 0.269 e. The normalized spacial score (nSPS) is 27.0. The van der Waals surface area contributed by atoms with Gasteiger partial charge in [0.25, 0.3) is 5.69 Å². The molecule has 4 heterocycles. The lowest BCUT2D eigenvalue weighted by atomic mass is 9.70. The number of nitro groups is 1. The van der Waals surface area contributed by atoms with E-state index in [0.717, 1.165) is 0 Å². The number of nitrogens with one attached hydrogen (secondary N) is 1. The zero-order valence-electron chi connectivity index (χ0n) is 18.3. The number of non-ortho nitro benzene ring substituents is 1.